The third-order valence-corrected chi connectivity index (χ3v) is 3.92. The van der Waals surface area contributed by atoms with Crippen LogP contribution in [0, 0.1) is 5.82 Å². The first-order valence-corrected chi connectivity index (χ1v) is 7.13. The van der Waals surface area contributed by atoms with E-state index in [4.69, 9.17) is 4.52 Å². The van der Waals surface area contributed by atoms with Gasteiger partial charge >= 0.3 is 0 Å². The van der Waals surface area contributed by atoms with E-state index in [0.717, 1.165) is 31.7 Å². The molecule has 1 saturated heterocycles. The van der Waals surface area contributed by atoms with Crippen molar-refractivity contribution in [2.45, 2.75) is 19.3 Å². The molecule has 112 valence electrons. The Morgan fingerprint density at radius 2 is 1.86 bits per heavy atom. The molecule has 0 amide bonds. The molecule has 2 aromatic rings. The lowest BCUT2D eigenvalue weighted by molar-refractivity contribution is 0.331. The lowest BCUT2D eigenvalue weighted by atomic mass is 9.84. The molecule has 6 heteroatoms. The molecule has 0 saturated carbocycles. The minimum Gasteiger partial charge on any atom is -0.336 e. The van der Waals surface area contributed by atoms with Gasteiger partial charge in [0, 0.05) is 26.2 Å². The van der Waals surface area contributed by atoms with Gasteiger partial charge in [0.05, 0.1) is 5.41 Å². The summed E-state index contributed by atoms with van der Waals surface area (Å²) in [5.74, 6) is 0.922. The Morgan fingerprint density at radius 3 is 2.52 bits per heavy atom. The molecule has 0 spiro atoms. The van der Waals surface area contributed by atoms with Crippen LogP contribution >= 0.6 is 0 Å². The van der Waals surface area contributed by atoms with Gasteiger partial charge in [0.15, 0.2) is 0 Å². The topological polar surface area (TPSA) is 54.2 Å². The molecule has 1 aromatic carbocycles. The van der Waals surface area contributed by atoms with E-state index in [1.165, 1.54) is 12.1 Å². The maximum atomic E-state index is 13.1. The maximum Gasteiger partial charge on any atom is 0.266 e. The van der Waals surface area contributed by atoms with E-state index in [-0.39, 0.29) is 5.82 Å². The first-order valence-electron chi connectivity index (χ1n) is 7.13. The van der Waals surface area contributed by atoms with Gasteiger partial charge in [-0.2, -0.15) is 4.98 Å². The maximum absolute atomic E-state index is 13.1. The third kappa shape index (κ3) is 2.76. The van der Waals surface area contributed by atoms with Crippen molar-refractivity contribution in [2.75, 3.05) is 31.1 Å². The van der Waals surface area contributed by atoms with E-state index < -0.39 is 5.41 Å². The quantitative estimate of drug-likeness (QED) is 0.936. The molecule has 0 atom stereocenters. The summed E-state index contributed by atoms with van der Waals surface area (Å²) in [6.07, 6.45) is 0. The van der Waals surface area contributed by atoms with Crippen molar-refractivity contribution in [3.8, 4) is 0 Å². The number of rotatable bonds is 3. The number of nitrogens with zero attached hydrogens (tertiary/aromatic N) is 3. The summed E-state index contributed by atoms with van der Waals surface area (Å²) in [4.78, 5) is 6.63. The van der Waals surface area contributed by atoms with Gasteiger partial charge in [-0.15, -0.1) is 0 Å². The Labute approximate surface area is 123 Å². The summed E-state index contributed by atoms with van der Waals surface area (Å²) >= 11 is 0. The first kappa shape index (κ1) is 14.0. The SMILES string of the molecule is CC(C)(c1ccc(F)cc1)c1nc(N2CCNCC2)no1. The number of hydrogen-bond donors (Lipinski definition) is 1. The number of aromatic nitrogens is 2. The monoisotopic (exact) mass is 290 g/mol. The van der Waals surface area contributed by atoms with Crippen molar-refractivity contribution in [3.63, 3.8) is 0 Å². The Bertz CT molecular complexity index is 602. The van der Waals surface area contributed by atoms with Crippen molar-refractivity contribution in [3.05, 3.63) is 41.5 Å². The Balaban J connectivity index is 1.85. The first-order chi connectivity index (χ1) is 10.1. The van der Waals surface area contributed by atoms with Crippen LogP contribution in [0.4, 0.5) is 10.3 Å². The number of halogens is 1. The Kier molecular flexibility index (Phi) is 3.63. The van der Waals surface area contributed by atoms with Gasteiger partial charge in [-0.1, -0.05) is 12.1 Å². The molecule has 1 aliphatic heterocycles. The molecular formula is C15H19FN4O. The summed E-state index contributed by atoms with van der Waals surface area (Å²) in [7, 11) is 0. The summed E-state index contributed by atoms with van der Waals surface area (Å²) in [6, 6.07) is 6.41. The summed E-state index contributed by atoms with van der Waals surface area (Å²) < 4.78 is 18.5. The number of hydrogen-bond acceptors (Lipinski definition) is 5. The normalized spacial score (nSPS) is 16.2. The van der Waals surface area contributed by atoms with Crippen LogP contribution in [0.1, 0.15) is 25.3 Å². The van der Waals surface area contributed by atoms with Crippen molar-refractivity contribution in [1.82, 2.24) is 15.5 Å². The molecule has 1 aromatic heterocycles. The zero-order chi connectivity index (χ0) is 14.9. The summed E-state index contributed by atoms with van der Waals surface area (Å²) in [5, 5.41) is 7.38. The largest absolute Gasteiger partial charge is 0.336 e. The van der Waals surface area contributed by atoms with Crippen molar-refractivity contribution < 1.29 is 8.91 Å². The van der Waals surface area contributed by atoms with Gasteiger partial charge in [0.2, 0.25) is 5.89 Å². The predicted octanol–water partition coefficient (Wildman–Crippen LogP) is 1.94. The van der Waals surface area contributed by atoms with Gasteiger partial charge in [-0.3, -0.25) is 0 Å². The van der Waals surface area contributed by atoms with Crippen LogP contribution in [0.3, 0.4) is 0 Å². The minimum atomic E-state index is -0.451. The van der Waals surface area contributed by atoms with Crippen molar-refractivity contribution >= 4 is 5.95 Å². The van der Waals surface area contributed by atoms with Gasteiger partial charge < -0.3 is 14.7 Å². The lowest BCUT2D eigenvalue weighted by Gasteiger charge is -2.25. The average Bonchev–Trinajstić information content (AvgIpc) is 2.99. The molecule has 21 heavy (non-hydrogen) atoms. The van der Waals surface area contributed by atoms with E-state index >= 15 is 0 Å². The third-order valence-electron chi connectivity index (χ3n) is 3.92. The highest BCUT2D eigenvalue weighted by atomic mass is 19.1. The Morgan fingerprint density at radius 1 is 1.19 bits per heavy atom. The summed E-state index contributed by atoms with van der Waals surface area (Å²) in [6.45, 7) is 7.58. The highest BCUT2D eigenvalue weighted by Gasteiger charge is 2.31. The average molecular weight is 290 g/mol. The van der Waals surface area contributed by atoms with Crippen LogP contribution in [-0.4, -0.2) is 36.3 Å². The fourth-order valence-electron chi connectivity index (χ4n) is 2.45. The molecule has 1 aliphatic rings. The van der Waals surface area contributed by atoms with E-state index in [0.29, 0.717) is 11.8 Å². The van der Waals surface area contributed by atoms with Crippen LogP contribution in [-0.2, 0) is 5.41 Å². The molecule has 5 nitrogen and oxygen atoms in total. The van der Waals surface area contributed by atoms with Gasteiger partial charge in [0.1, 0.15) is 5.82 Å². The summed E-state index contributed by atoms with van der Waals surface area (Å²) in [5.41, 5.74) is 0.492. The number of benzene rings is 1. The fourth-order valence-corrected chi connectivity index (χ4v) is 2.45. The van der Waals surface area contributed by atoms with Crippen LogP contribution < -0.4 is 10.2 Å². The predicted molar refractivity (Wildman–Crippen MR) is 77.9 cm³/mol. The van der Waals surface area contributed by atoms with E-state index in [9.17, 15) is 4.39 Å². The standard InChI is InChI=1S/C15H19FN4O/c1-15(2,11-3-5-12(16)6-4-11)13-18-14(19-21-13)20-9-7-17-8-10-20/h3-6,17H,7-10H2,1-2H3. The van der Waals surface area contributed by atoms with E-state index in [1.807, 2.05) is 13.8 Å². The lowest BCUT2D eigenvalue weighted by Crippen LogP contribution is -2.44. The smallest absolute Gasteiger partial charge is 0.266 e. The highest BCUT2D eigenvalue weighted by molar-refractivity contribution is 5.34. The second kappa shape index (κ2) is 5.44. The van der Waals surface area contributed by atoms with Crippen LogP contribution in [0.15, 0.2) is 28.8 Å². The van der Waals surface area contributed by atoms with Gasteiger partial charge in [-0.25, -0.2) is 4.39 Å². The number of nitrogens with one attached hydrogen (secondary N) is 1. The molecule has 0 bridgehead atoms. The molecule has 0 aliphatic carbocycles. The van der Waals surface area contributed by atoms with Crippen molar-refractivity contribution in [2.24, 2.45) is 0 Å². The zero-order valence-electron chi connectivity index (χ0n) is 12.3. The molecule has 1 fully saturated rings. The second-order valence-electron chi connectivity index (χ2n) is 5.77. The molecular weight excluding hydrogens is 271 g/mol. The second-order valence-corrected chi connectivity index (χ2v) is 5.77. The minimum absolute atomic E-state index is 0.249. The van der Waals surface area contributed by atoms with Crippen LogP contribution in [0.5, 0.6) is 0 Å². The molecule has 1 N–H and O–H groups in total. The van der Waals surface area contributed by atoms with E-state index in [2.05, 4.69) is 20.4 Å². The number of piperazine rings is 1. The Hall–Kier alpha value is -1.95. The van der Waals surface area contributed by atoms with E-state index in [1.54, 1.807) is 12.1 Å². The molecule has 0 unspecified atom stereocenters. The number of anilines is 1. The molecule has 3 rings (SSSR count). The zero-order valence-corrected chi connectivity index (χ0v) is 12.3. The highest BCUT2D eigenvalue weighted by Crippen LogP contribution is 2.31. The van der Waals surface area contributed by atoms with Crippen LogP contribution in [0.25, 0.3) is 0 Å². The van der Waals surface area contributed by atoms with Gasteiger partial charge in [-0.05, 0) is 36.7 Å². The molecule has 2 heterocycles. The fraction of sp³-hybridized carbons (Fsp3) is 0.467. The van der Waals surface area contributed by atoms with Crippen LogP contribution in [0.2, 0.25) is 0 Å². The van der Waals surface area contributed by atoms with Crippen molar-refractivity contribution in [1.29, 1.82) is 0 Å². The molecule has 0 radical (unpaired) electrons. The van der Waals surface area contributed by atoms with Gasteiger partial charge in [0.25, 0.3) is 5.95 Å².